The molecule has 0 bridgehead atoms. The van der Waals surface area contributed by atoms with E-state index in [1.165, 1.54) is 10.5 Å². The first-order valence-electron chi connectivity index (χ1n) is 4.81. The van der Waals surface area contributed by atoms with Crippen molar-refractivity contribution in [3.8, 4) is 0 Å². The Bertz CT molecular complexity index is 319. The fourth-order valence-corrected chi connectivity index (χ4v) is 1.62. The van der Waals surface area contributed by atoms with Crippen LogP contribution < -0.4 is 10.6 Å². The van der Waals surface area contributed by atoms with Crippen LogP contribution >= 0.6 is 11.8 Å². The normalized spacial score (nSPS) is 11.3. The quantitative estimate of drug-likeness (QED) is 0.465. The zero-order valence-corrected chi connectivity index (χ0v) is 10.2. The lowest BCUT2D eigenvalue weighted by Crippen LogP contribution is -2.34. The molecule has 0 aliphatic carbocycles. The molecule has 0 heterocycles. The van der Waals surface area contributed by atoms with Gasteiger partial charge in [-0.25, -0.2) is 0 Å². The second-order valence-electron chi connectivity index (χ2n) is 3.02. The van der Waals surface area contributed by atoms with Crippen molar-refractivity contribution >= 4 is 17.7 Å². The summed E-state index contributed by atoms with van der Waals surface area (Å²) in [7, 11) is 3.61. The van der Waals surface area contributed by atoms with Crippen molar-refractivity contribution in [3.05, 3.63) is 29.8 Å². The molecule has 1 aromatic rings. The van der Waals surface area contributed by atoms with Crippen LogP contribution in [0.4, 0.5) is 0 Å². The van der Waals surface area contributed by atoms with Gasteiger partial charge in [0, 0.05) is 25.5 Å². The molecule has 0 unspecified atom stereocenters. The third kappa shape index (κ3) is 3.83. The smallest absolute Gasteiger partial charge is 0.190 e. The molecule has 0 aliphatic heterocycles. The van der Waals surface area contributed by atoms with Crippen LogP contribution in [-0.4, -0.2) is 26.3 Å². The zero-order chi connectivity index (χ0) is 11.1. The molecule has 0 radical (unpaired) electrons. The maximum Gasteiger partial charge on any atom is 0.190 e. The van der Waals surface area contributed by atoms with Gasteiger partial charge in [-0.1, -0.05) is 12.1 Å². The molecule has 0 saturated carbocycles. The lowest BCUT2D eigenvalue weighted by atomic mass is 10.2. The summed E-state index contributed by atoms with van der Waals surface area (Å²) in [4.78, 5) is 5.33. The Morgan fingerprint density at radius 2 is 2.00 bits per heavy atom. The van der Waals surface area contributed by atoms with Crippen LogP contribution in [0.5, 0.6) is 0 Å². The van der Waals surface area contributed by atoms with E-state index in [1.807, 2.05) is 7.05 Å². The minimum atomic E-state index is 0.794. The summed E-state index contributed by atoms with van der Waals surface area (Å²) in [5, 5.41) is 6.18. The number of hydrogen-bond donors (Lipinski definition) is 2. The Morgan fingerprint density at radius 3 is 2.47 bits per heavy atom. The first-order chi connectivity index (χ1) is 7.30. The van der Waals surface area contributed by atoms with E-state index in [1.54, 1.807) is 18.8 Å². The SMILES string of the molecule is CN=C(NC)NCc1ccc(SC)cc1. The average Bonchev–Trinajstić information content (AvgIpc) is 2.31. The second-order valence-corrected chi connectivity index (χ2v) is 3.90. The van der Waals surface area contributed by atoms with Gasteiger partial charge in [0.05, 0.1) is 0 Å². The fourth-order valence-electron chi connectivity index (χ4n) is 1.21. The molecule has 0 amide bonds. The summed E-state index contributed by atoms with van der Waals surface area (Å²) in [6.07, 6.45) is 2.08. The van der Waals surface area contributed by atoms with Crippen LogP contribution in [0.3, 0.4) is 0 Å². The van der Waals surface area contributed by atoms with Crippen LogP contribution in [0.2, 0.25) is 0 Å². The zero-order valence-electron chi connectivity index (χ0n) is 9.37. The Kier molecular flexibility index (Phi) is 5.04. The van der Waals surface area contributed by atoms with Crippen LogP contribution in [0.25, 0.3) is 0 Å². The van der Waals surface area contributed by atoms with Crippen molar-refractivity contribution in [2.24, 2.45) is 4.99 Å². The Morgan fingerprint density at radius 1 is 1.33 bits per heavy atom. The molecular formula is C11H17N3S. The highest BCUT2D eigenvalue weighted by Gasteiger charge is 1.95. The van der Waals surface area contributed by atoms with Gasteiger partial charge < -0.3 is 10.6 Å². The Labute approximate surface area is 95.4 Å². The van der Waals surface area contributed by atoms with Gasteiger partial charge in [-0.15, -0.1) is 11.8 Å². The number of benzene rings is 1. The lowest BCUT2D eigenvalue weighted by molar-refractivity contribution is 0.865. The lowest BCUT2D eigenvalue weighted by Gasteiger charge is -2.08. The van der Waals surface area contributed by atoms with E-state index >= 15 is 0 Å². The van der Waals surface area contributed by atoms with Crippen LogP contribution in [-0.2, 0) is 6.54 Å². The summed E-state index contributed by atoms with van der Waals surface area (Å²) >= 11 is 1.75. The standard InChI is InChI=1S/C11H17N3S/c1-12-11(13-2)14-8-9-4-6-10(15-3)7-5-9/h4-7H,8H2,1-3H3,(H2,12,13,14). The van der Waals surface area contributed by atoms with Gasteiger partial charge in [-0.05, 0) is 24.0 Å². The van der Waals surface area contributed by atoms with Gasteiger partial charge in [0.1, 0.15) is 0 Å². The molecule has 0 fully saturated rings. The number of thioether (sulfide) groups is 1. The van der Waals surface area contributed by atoms with Crippen LogP contribution in [0.15, 0.2) is 34.2 Å². The van der Waals surface area contributed by atoms with E-state index in [0.717, 1.165) is 12.5 Å². The van der Waals surface area contributed by atoms with Gasteiger partial charge in [-0.3, -0.25) is 4.99 Å². The van der Waals surface area contributed by atoms with Crippen molar-refractivity contribution < 1.29 is 0 Å². The van der Waals surface area contributed by atoms with E-state index in [-0.39, 0.29) is 0 Å². The Balaban J connectivity index is 2.51. The molecular weight excluding hydrogens is 206 g/mol. The van der Waals surface area contributed by atoms with E-state index in [4.69, 9.17) is 0 Å². The highest BCUT2D eigenvalue weighted by molar-refractivity contribution is 7.98. The molecule has 0 aromatic heterocycles. The highest BCUT2D eigenvalue weighted by atomic mass is 32.2. The third-order valence-corrected chi connectivity index (χ3v) is 2.82. The summed E-state index contributed by atoms with van der Waals surface area (Å²) in [6, 6.07) is 8.51. The van der Waals surface area contributed by atoms with Gasteiger partial charge in [0.25, 0.3) is 0 Å². The topological polar surface area (TPSA) is 36.4 Å². The molecule has 1 aromatic carbocycles. The van der Waals surface area contributed by atoms with E-state index in [9.17, 15) is 0 Å². The maximum atomic E-state index is 4.05. The van der Waals surface area contributed by atoms with Crippen LogP contribution in [0, 0.1) is 0 Å². The third-order valence-electron chi connectivity index (χ3n) is 2.08. The highest BCUT2D eigenvalue weighted by Crippen LogP contribution is 2.14. The molecule has 0 spiro atoms. The van der Waals surface area contributed by atoms with E-state index < -0.39 is 0 Å². The van der Waals surface area contributed by atoms with Crippen molar-refractivity contribution in [3.63, 3.8) is 0 Å². The predicted octanol–water partition coefficient (Wildman–Crippen LogP) is 1.70. The minimum absolute atomic E-state index is 0.794. The van der Waals surface area contributed by atoms with E-state index in [2.05, 4.69) is 46.1 Å². The molecule has 0 saturated heterocycles. The summed E-state index contributed by atoms with van der Waals surface area (Å²) in [5.74, 6) is 0.809. The second kappa shape index (κ2) is 6.35. The first-order valence-corrected chi connectivity index (χ1v) is 6.04. The van der Waals surface area contributed by atoms with Crippen LogP contribution in [0.1, 0.15) is 5.56 Å². The summed E-state index contributed by atoms with van der Waals surface area (Å²) < 4.78 is 0. The molecule has 82 valence electrons. The molecule has 3 nitrogen and oxygen atoms in total. The number of rotatable bonds is 3. The molecule has 15 heavy (non-hydrogen) atoms. The molecule has 4 heteroatoms. The molecule has 0 aliphatic rings. The van der Waals surface area contributed by atoms with Gasteiger partial charge in [-0.2, -0.15) is 0 Å². The first kappa shape index (κ1) is 11.9. The fraction of sp³-hybridized carbons (Fsp3) is 0.364. The van der Waals surface area contributed by atoms with Gasteiger partial charge in [0.2, 0.25) is 0 Å². The van der Waals surface area contributed by atoms with Gasteiger partial charge in [0.15, 0.2) is 5.96 Å². The van der Waals surface area contributed by atoms with Crippen molar-refractivity contribution in [1.29, 1.82) is 0 Å². The maximum absolute atomic E-state index is 4.05. The Hall–Kier alpha value is -1.16. The van der Waals surface area contributed by atoms with E-state index in [0.29, 0.717) is 0 Å². The number of nitrogens with zero attached hydrogens (tertiary/aromatic N) is 1. The largest absolute Gasteiger partial charge is 0.359 e. The molecule has 0 atom stereocenters. The number of nitrogens with one attached hydrogen (secondary N) is 2. The molecule has 1 rings (SSSR count). The number of guanidine groups is 1. The average molecular weight is 223 g/mol. The summed E-state index contributed by atoms with van der Waals surface area (Å²) in [5.41, 5.74) is 1.25. The van der Waals surface area contributed by atoms with Crippen molar-refractivity contribution in [2.75, 3.05) is 20.4 Å². The van der Waals surface area contributed by atoms with Crippen molar-refractivity contribution in [2.45, 2.75) is 11.4 Å². The van der Waals surface area contributed by atoms with Crippen molar-refractivity contribution in [1.82, 2.24) is 10.6 Å². The number of hydrogen-bond acceptors (Lipinski definition) is 2. The van der Waals surface area contributed by atoms with Gasteiger partial charge >= 0.3 is 0 Å². The number of aliphatic imine (C=N–C) groups is 1. The minimum Gasteiger partial charge on any atom is -0.359 e. The predicted molar refractivity (Wildman–Crippen MR) is 67.5 cm³/mol. The summed E-state index contributed by atoms with van der Waals surface area (Å²) in [6.45, 7) is 0.794. The molecule has 2 N–H and O–H groups in total. The monoisotopic (exact) mass is 223 g/mol.